The largest absolute Gasteiger partial charge is 0.497 e. The quantitative estimate of drug-likeness (QED) is 0.155. The van der Waals surface area contributed by atoms with Gasteiger partial charge in [-0.3, -0.25) is 0 Å². The van der Waals surface area contributed by atoms with Crippen molar-refractivity contribution in [3.05, 3.63) is 214 Å². The van der Waals surface area contributed by atoms with Crippen molar-refractivity contribution < 1.29 is 48.5 Å². The van der Waals surface area contributed by atoms with Crippen molar-refractivity contribution in [1.82, 2.24) is 0 Å². The predicted octanol–water partition coefficient (Wildman–Crippen LogP) is 13.5. The third-order valence-corrected chi connectivity index (χ3v) is 7.21. The van der Waals surface area contributed by atoms with Crippen LogP contribution in [0.3, 0.4) is 0 Å². The van der Waals surface area contributed by atoms with Crippen LogP contribution >= 0.6 is 0 Å². The minimum absolute atomic E-state index is 0. The van der Waals surface area contributed by atoms with Gasteiger partial charge in [0, 0.05) is 20.1 Å². The number of benzene rings is 6. The molecule has 0 spiro atoms. The maximum atomic E-state index is 6.66. The third-order valence-electron chi connectivity index (χ3n) is 7.21. The van der Waals surface area contributed by atoms with Crippen molar-refractivity contribution >= 4 is 34.1 Å². The molecule has 0 N–H and O–H groups in total. The molecule has 6 aromatic rings. The summed E-state index contributed by atoms with van der Waals surface area (Å²) in [6.45, 7) is 39.9. The fraction of sp³-hybridized carbons (Fsp3) is 0.125. The normalized spacial score (nSPS) is 8.26. The van der Waals surface area contributed by atoms with Crippen LogP contribution in [0.4, 0.5) is 34.1 Å². The Bertz CT molecular complexity index is 1920. The fourth-order valence-electron chi connectivity index (χ4n) is 3.94. The number of nitrogens with zero attached hydrogens (tertiary/aromatic N) is 6. The summed E-state index contributed by atoms with van der Waals surface area (Å²) in [5, 5.41) is 0. The Hall–Kier alpha value is -8.29. The van der Waals surface area contributed by atoms with E-state index in [0.717, 1.165) is 34.5 Å². The fourth-order valence-corrected chi connectivity index (χ4v) is 3.94. The number of methoxy groups -OCH3 is 6. The molecule has 0 aromatic heterocycles. The van der Waals surface area contributed by atoms with Gasteiger partial charge in [0.15, 0.2) is 34.1 Å². The van der Waals surface area contributed by atoms with Gasteiger partial charge in [0.2, 0.25) is 0 Å². The zero-order chi connectivity index (χ0) is 44.4. The van der Waals surface area contributed by atoms with Gasteiger partial charge in [-0.25, -0.2) is 29.1 Å². The molecule has 0 aliphatic heterocycles. The topological polar surface area (TPSA) is 81.5 Å². The van der Waals surface area contributed by atoms with Crippen LogP contribution in [0.15, 0.2) is 146 Å². The van der Waals surface area contributed by atoms with Gasteiger partial charge >= 0.3 is 0 Å². The van der Waals surface area contributed by atoms with Crippen LogP contribution < -0.4 is 28.4 Å². The third kappa shape index (κ3) is 22.3. The van der Waals surface area contributed by atoms with Crippen molar-refractivity contribution in [3.63, 3.8) is 0 Å². The van der Waals surface area contributed by atoms with Crippen LogP contribution in [0, 0.1) is 39.4 Å². The minimum atomic E-state index is 0. The van der Waals surface area contributed by atoms with Gasteiger partial charge in [0.25, 0.3) is 0 Å². The molecule has 1 radical (unpaired) electrons. The molecule has 0 bridgehead atoms. The van der Waals surface area contributed by atoms with Gasteiger partial charge in [0.05, 0.1) is 82.1 Å². The van der Waals surface area contributed by atoms with Crippen LogP contribution in [0.1, 0.15) is 0 Å². The summed E-state index contributed by atoms with van der Waals surface area (Å²) in [4.78, 5) is 19.4. The van der Waals surface area contributed by atoms with Gasteiger partial charge in [-0.05, 0) is 72.8 Å². The molecule has 0 saturated carbocycles. The van der Waals surface area contributed by atoms with E-state index in [2.05, 4.69) is 29.1 Å². The van der Waals surface area contributed by atoms with E-state index in [1.165, 1.54) is 0 Å². The summed E-state index contributed by atoms with van der Waals surface area (Å²) in [7, 11) is 9.62. The molecular weight excluding hydrogens is 855 g/mol. The van der Waals surface area contributed by atoms with E-state index < -0.39 is 0 Å². The molecular formula is C48H42N6O6Tc. The standard InChI is InChI=1S/6C8H7NO.Tc/c6*1-9-7-3-5-8(10-2)6-4-7;/h6*3-6H,2H3;/i;;;;;;1+1. The van der Waals surface area contributed by atoms with E-state index in [4.69, 9.17) is 67.9 Å². The van der Waals surface area contributed by atoms with Crippen molar-refractivity contribution in [2.75, 3.05) is 42.7 Å². The summed E-state index contributed by atoms with van der Waals surface area (Å²) in [5.41, 5.74) is 3.84. The van der Waals surface area contributed by atoms with E-state index in [-0.39, 0.29) is 20.1 Å². The molecule has 13 heteroatoms. The number of hydrogen-bond donors (Lipinski definition) is 0. The van der Waals surface area contributed by atoms with Crippen molar-refractivity contribution in [3.8, 4) is 34.5 Å². The second-order valence-electron chi connectivity index (χ2n) is 10.9. The monoisotopic (exact) mass is 897 g/mol. The number of rotatable bonds is 6. The van der Waals surface area contributed by atoms with Gasteiger partial charge in [0.1, 0.15) is 34.5 Å². The summed E-state index contributed by atoms with van der Waals surface area (Å²) in [6.07, 6.45) is 0. The molecule has 61 heavy (non-hydrogen) atoms. The number of hydrogen-bond acceptors (Lipinski definition) is 6. The Morgan fingerprint density at radius 1 is 0.230 bits per heavy atom. The van der Waals surface area contributed by atoms with Gasteiger partial charge in [-0.1, -0.05) is 72.8 Å². The first-order valence-corrected chi connectivity index (χ1v) is 17.3. The molecule has 0 atom stereocenters. The van der Waals surface area contributed by atoms with Crippen molar-refractivity contribution in [2.45, 2.75) is 0 Å². The Balaban J connectivity index is 0.000000706. The summed E-state index contributed by atoms with van der Waals surface area (Å²) < 4.78 is 29.5. The molecule has 0 saturated heterocycles. The zero-order valence-electron chi connectivity index (χ0n) is 34.4. The molecule has 307 valence electrons. The van der Waals surface area contributed by atoms with Crippen LogP contribution in [0.2, 0.25) is 0 Å². The molecule has 12 nitrogen and oxygen atoms in total. The minimum Gasteiger partial charge on any atom is -0.497 e. The van der Waals surface area contributed by atoms with Crippen LogP contribution in [-0.2, 0) is 20.1 Å². The molecule has 0 aliphatic rings. The summed E-state index contributed by atoms with van der Waals surface area (Å²) >= 11 is 0. The smallest absolute Gasteiger partial charge is 0.187 e. The van der Waals surface area contributed by atoms with E-state index in [0.29, 0.717) is 34.1 Å². The average molecular weight is 898 g/mol. The molecule has 0 heterocycles. The van der Waals surface area contributed by atoms with Crippen LogP contribution in [-0.4, -0.2) is 42.7 Å². The predicted molar refractivity (Wildman–Crippen MR) is 236 cm³/mol. The Kier molecular flexibility index (Phi) is 28.3. The van der Waals surface area contributed by atoms with E-state index in [9.17, 15) is 0 Å². The maximum absolute atomic E-state index is 6.66. The van der Waals surface area contributed by atoms with Crippen molar-refractivity contribution in [2.24, 2.45) is 0 Å². The number of ether oxygens (including phenoxy) is 6. The first-order chi connectivity index (χ1) is 29.2. The molecule has 6 rings (SSSR count). The van der Waals surface area contributed by atoms with E-state index in [1.807, 2.05) is 0 Å². The van der Waals surface area contributed by atoms with E-state index in [1.54, 1.807) is 188 Å². The molecule has 0 aliphatic carbocycles. The second kappa shape index (κ2) is 32.8. The Morgan fingerprint density at radius 2 is 0.328 bits per heavy atom. The first kappa shape index (κ1) is 52.7. The van der Waals surface area contributed by atoms with Gasteiger partial charge in [-0.2, -0.15) is 0 Å². The zero-order valence-corrected chi connectivity index (χ0v) is 36.2. The molecule has 0 fully saturated rings. The molecule has 0 unspecified atom stereocenters. The SMILES string of the molecule is [99Tc].[C-]#[N+]c1ccc(OC)cc1.[C-]#[N+]c1ccc(OC)cc1.[C-]#[N+]c1ccc(OC)cc1.[C-]#[N+]c1ccc(OC)cc1.[C-]#[N+]c1ccc(OC)cc1.[C-]#[N+]c1ccc(OC)cc1. The van der Waals surface area contributed by atoms with Crippen molar-refractivity contribution in [1.29, 1.82) is 0 Å². The maximum Gasteiger partial charge on any atom is 0.187 e. The molecule has 0 amide bonds. The van der Waals surface area contributed by atoms with E-state index >= 15 is 0 Å². The van der Waals surface area contributed by atoms with Crippen LogP contribution in [0.5, 0.6) is 34.5 Å². The summed E-state index contributed by atoms with van der Waals surface area (Å²) in [5.74, 6) is 4.71. The Labute approximate surface area is 372 Å². The van der Waals surface area contributed by atoms with Gasteiger partial charge in [-0.15, -0.1) is 0 Å². The van der Waals surface area contributed by atoms with Crippen LogP contribution in [0.25, 0.3) is 29.1 Å². The van der Waals surface area contributed by atoms with Gasteiger partial charge < -0.3 is 28.4 Å². The molecule has 6 aromatic carbocycles. The second-order valence-corrected chi connectivity index (χ2v) is 10.9. The Morgan fingerprint density at radius 3 is 0.393 bits per heavy atom. The first-order valence-electron chi connectivity index (χ1n) is 17.3. The summed E-state index contributed by atoms with van der Waals surface area (Å²) in [6, 6.07) is 42.0. The average Bonchev–Trinajstić information content (AvgIpc) is 3.35.